The van der Waals surface area contributed by atoms with Crippen LogP contribution in [0, 0.1) is 0 Å². The molecule has 1 aromatic heterocycles. The molecule has 0 aliphatic carbocycles. The molecule has 2 rings (SSSR count). The molecule has 1 fully saturated rings. The maximum atomic E-state index is 12.9. The summed E-state index contributed by atoms with van der Waals surface area (Å²) < 4.78 is 0. The number of nitrogens with zero attached hydrogens (tertiary/aromatic N) is 2. The maximum absolute atomic E-state index is 12.9. The van der Waals surface area contributed by atoms with E-state index in [9.17, 15) is 19.2 Å². The van der Waals surface area contributed by atoms with E-state index in [1.807, 2.05) is 0 Å². The normalized spacial score (nSPS) is 19.0. The van der Waals surface area contributed by atoms with Crippen LogP contribution in [0.3, 0.4) is 0 Å². The fourth-order valence-corrected chi connectivity index (χ4v) is 3.55. The molecule has 1 aliphatic heterocycles. The van der Waals surface area contributed by atoms with Gasteiger partial charge in [0.1, 0.15) is 18.1 Å². The lowest BCUT2D eigenvalue weighted by atomic mass is 10.1. The minimum atomic E-state index is -1.24. The Morgan fingerprint density at radius 2 is 2.00 bits per heavy atom. The van der Waals surface area contributed by atoms with E-state index in [0.29, 0.717) is 25.1 Å². The summed E-state index contributed by atoms with van der Waals surface area (Å²) in [5.41, 5.74) is 6.33. The van der Waals surface area contributed by atoms with Crippen LogP contribution >= 0.6 is 25.3 Å². The molecule has 0 bridgehead atoms. The van der Waals surface area contributed by atoms with Crippen molar-refractivity contribution in [3.05, 3.63) is 18.2 Å². The molecule has 0 saturated carbocycles. The Morgan fingerprint density at radius 1 is 1.27 bits per heavy atom. The molecule has 166 valence electrons. The van der Waals surface area contributed by atoms with Crippen molar-refractivity contribution in [3.8, 4) is 0 Å². The Morgan fingerprint density at radius 3 is 2.57 bits per heavy atom. The average Bonchev–Trinajstić information content (AvgIpc) is 3.41. The summed E-state index contributed by atoms with van der Waals surface area (Å²) in [6.45, 7) is 0.385. The van der Waals surface area contributed by atoms with Gasteiger partial charge in [0.25, 0.3) is 0 Å². The molecule has 1 aliphatic rings. The SMILES string of the molecule is N[C@@H](CS)C(=O)N1CCC[C@H]1C(=O)N[C@@H](Cc1cnc[nH]1)C(=O)N[C@@H](CS)C(=O)O. The summed E-state index contributed by atoms with van der Waals surface area (Å²) >= 11 is 7.96. The molecular weight excluding hydrogens is 432 g/mol. The highest BCUT2D eigenvalue weighted by Gasteiger charge is 2.37. The Bertz CT molecular complexity index is 762. The molecule has 6 N–H and O–H groups in total. The second-order valence-corrected chi connectivity index (χ2v) is 7.63. The fraction of sp³-hybridized carbons (Fsp3) is 0.588. The Hall–Kier alpha value is -2.25. The predicted molar refractivity (Wildman–Crippen MR) is 114 cm³/mol. The lowest BCUT2D eigenvalue weighted by molar-refractivity contribution is -0.142. The Kier molecular flexibility index (Phi) is 8.99. The maximum Gasteiger partial charge on any atom is 0.327 e. The molecule has 0 aromatic carbocycles. The minimum Gasteiger partial charge on any atom is -0.480 e. The van der Waals surface area contributed by atoms with Gasteiger partial charge in [-0.15, -0.1) is 0 Å². The van der Waals surface area contributed by atoms with E-state index in [2.05, 4.69) is 45.9 Å². The van der Waals surface area contributed by atoms with Gasteiger partial charge in [0.2, 0.25) is 17.7 Å². The van der Waals surface area contributed by atoms with Crippen molar-refractivity contribution >= 4 is 48.9 Å². The number of aromatic nitrogens is 2. The first kappa shape index (κ1) is 24.0. The van der Waals surface area contributed by atoms with Crippen LogP contribution in [-0.4, -0.2) is 85.9 Å². The van der Waals surface area contributed by atoms with E-state index in [0.717, 1.165) is 0 Å². The molecule has 2 heterocycles. The largest absolute Gasteiger partial charge is 0.480 e. The molecule has 30 heavy (non-hydrogen) atoms. The molecule has 13 heteroatoms. The van der Waals surface area contributed by atoms with Crippen LogP contribution < -0.4 is 16.4 Å². The van der Waals surface area contributed by atoms with E-state index < -0.39 is 42.0 Å². The number of hydrogen-bond acceptors (Lipinski definition) is 8. The second-order valence-electron chi connectivity index (χ2n) is 6.90. The van der Waals surface area contributed by atoms with E-state index in [1.54, 1.807) is 0 Å². The van der Waals surface area contributed by atoms with Gasteiger partial charge in [0.05, 0.1) is 12.4 Å². The van der Waals surface area contributed by atoms with E-state index in [4.69, 9.17) is 10.8 Å². The lowest BCUT2D eigenvalue weighted by Crippen LogP contribution is -2.57. The first-order valence-corrected chi connectivity index (χ1v) is 10.6. The van der Waals surface area contributed by atoms with Crippen molar-refractivity contribution in [3.63, 3.8) is 0 Å². The van der Waals surface area contributed by atoms with Crippen LogP contribution in [0.1, 0.15) is 18.5 Å². The number of aliphatic carboxylic acids is 1. The third-order valence-corrected chi connectivity index (χ3v) is 5.52. The number of amides is 3. The molecule has 11 nitrogen and oxygen atoms in total. The number of nitrogens with two attached hydrogens (primary N) is 1. The zero-order chi connectivity index (χ0) is 22.3. The molecule has 4 atom stereocenters. The van der Waals surface area contributed by atoms with E-state index >= 15 is 0 Å². The summed E-state index contributed by atoms with van der Waals surface area (Å²) in [4.78, 5) is 57.4. The number of H-pyrrole nitrogens is 1. The summed E-state index contributed by atoms with van der Waals surface area (Å²) in [6, 6.07) is -3.87. The molecular formula is C17H26N6O5S2. The monoisotopic (exact) mass is 458 g/mol. The third-order valence-electron chi connectivity index (χ3n) is 4.76. The van der Waals surface area contributed by atoms with Crippen molar-refractivity contribution in [1.82, 2.24) is 25.5 Å². The van der Waals surface area contributed by atoms with Crippen molar-refractivity contribution < 1.29 is 24.3 Å². The number of rotatable bonds is 10. The number of hydrogen-bond donors (Lipinski definition) is 7. The average molecular weight is 459 g/mol. The highest BCUT2D eigenvalue weighted by atomic mass is 32.1. The molecule has 0 spiro atoms. The zero-order valence-corrected chi connectivity index (χ0v) is 17.9. The van der Waals surface area contributed by atoms with Gasteiger partial charge >= 0.3 is 5.97 Å². The van der Waals surface area contributed by atoms with Crippen LogP contribution in [0.15, 0.2) is 12.5 Å². The quantitative estimate of drug-likeness (QED) is 0.202. The molecule has 1 saturated heterocycles. The van der Waals surface area contributed by atoms with Crippen molar-refractivity contribution in [1.29, 1.82) is 0 Å². The Balaban J connectivity index is 2.14. The van der Waals surface area contributed by atoms with Crippen LogP contribution in [0.25, 0.3) is 0 Å². The molecule has 0 unspecified atom stereocenters. The van der Waals surface area contributed by atoms with Crippen LogP contribution in [0.2, 0.25) is 0 Å². The van der Waals surface area contributed by atoms with Crippen LogP contribution in [0.5, 0.6) is 0 Å². The van der Waals surface area contributed by atoms with E-state index in [-0.39, 0.29) is 23.8 Å². The number of carboxylic acid groups (broad SMARTS) is 1. The summed E-state index contributed by atoms with van der Waals surface area (Å²) in [6.07, 6.45) is 4.05. The van der Waals surface area contributed by atoms with Gasteiger partial charge in [0.15, 0.2) is 0 Å². The topological polar surface area (TPSA) is 171 Å². The number of nitrogens with one attached hydrogen (secondary N) is 3. The van der Waals surface area contributed by atoms with Gasteiger partial charge in [-0.1, -0.05) is 0 Å². The highest BCUT2D eigenvalue weighted by Crippen LogP contribution is 2.19. The van der Waals surface area contributed by atoms with Crippen molar-refractivity contribution in [2.75, 3.05) is 18.1 Å². The number of aromatic amines is 1. The molecule has 0 radical (unpaired) electrons. The fourth-order valence-electron chi connectivity index (χ4n) is 3.15. The molecule has 3 amide bonds. The highest BCUT2D eigenvalue weighted by molar-refractivity contribution is 7.80. The molecule has 1 aromatic rings. The van der Waals surface area contributed by atoms with Gasteiger partial charge < -0.3 is 31.4 Å². The number of carbonyl (C=O) groups excluding carboxylic acids is 3. The van der Waals surface area contributed by atoms with Gasteiger partial charge in [-0.25, -0.2) is 9.78 Å². The lowest BCUT2D eigenvalue weighted by Gasteiger charge is -2.28. The number of likely N-dealkylation sites (tertiary alicyclic amines) is 1. The number of thiol groups is 2. The third kappa shape index (κ3) is 6.12. The van der Waals surface area contributed by atoms with Gasteiger partial charge in [0, 0.05) is 36.4 Å². The smallest absolute Gasteiger partial charge is 0.327 e. The summed E-state index contributed by atoms with van der Waals surface area (Å²) in [5, 5.41) is 14.2. The zero-order valence-electron chi connectivity index (χ0n) is 16.2. The van der Waals surface area contributed by atoms with Gasteiger partial charge in [-0.3, -0.25) is 14.4 Å². The predicted octanol–water partition coefficient (Wildman–Crippen LogP) is -1.82. The van der Waals surface area contributed by atoms with Gasteiger partial charge in [-0.05, 0) is 12.8 Å². The van der Waals surface area contributed by atoms with Crippen molar-refractivity contribution in [2.45, 2.75) is 43.4 Å². The van der Waals surface area contributed by atoms with Gasteiger partial charge in [-0.2, -0.15) is 25.3 Å². The Labute approximate surface area is 184 Å². The second kappa shape index (κ2) is 11.2. The summed E-state index contributed by atoms with van der Waals surface area (Å²) in [5.74, 6) is -2.77. The number of imidazole rings is 1. The van der Waals surface area contributed by atoms with Crippen LogP contribution in [0.4, 0.5) is 0 Å². The van der Waals surface area contributed by atoms with E-state index in [1.165, 1.54) is 17.4 Å². The standard InChI is InChI=1S/C17H26N6O5S2/c18-10(6-29)16(26)23-3-1-2-13(23)15(25)21-11(4-9-5-19-8-20-9)14(24)22-12(7-30)17(27)28/h5,8,10-13,29-30H,1-4,6-7,18H2,(H,19,20)(H,21,25)(H,22,24)(H,27,28)/t10-,11-,12-,13-/m0/s1. The number of carbonyl (C=O) groups is 4. The van der Waals surface area contributed by atoms with Crippen LogP contribution in [-0.2, 0) is 25.6 Å². The number of carboxylic acids is 1. The van der Waals surface area contributed by atoms with Crippen molar-refractivity contribution in [2.24, 2.45) is 5.73 Å². The minimum absolute atomic E-state index is 0.0628. The first-order chi connectivity index (χ1) is 14.3. The summed E-state index contributed by atoms with van der Waals surface area (Å²) in [7, 11) is 0. The first-order valence-electron chi connectivity index (χ1n) is 9.37.